The quantitative estimate of drug-likeness (QED) is 0.232. The maximum Gasteiger partial charge on any atom is 0.319 e. The number of urea groups is 1. The molecular formula is C20H31N3O5. The Morgan fingerprint density at radius 2 is 1.82 bits per heavy atom. The molecule has 0 saturated heterocycles. The van der Waals surface area contributed by atoms with Gasteiger partial charge in [-0.15, -0.1) is 0 Å². The predicted octanol–water partition coefficient (Wildman–Crippen LogP) is 3.55. The van der Waals surface area contributed by atoms with Gasteiger partial charge in [0.05, 0.1) is 17.6 Å². The number of hydrogen-bond acceptors (Lipinski definition) is 5. The fourth-order valence-corrected chi connectivity index (χ4v) is 2.72. The fourth-order valence-electron chi connectivity index (χ4n) is 2.72. The summed E-state index contributed by atoms with van der Waals surface area (Å²) in [6.45, 7) is 1.71. The van der Waals surface area contributed by atoms with Crippen molar-refractivity contribution in [1.29, 1.82) is 0 Å². The first-order valence-corrected chi connectivity index (χ1v) is 9.74. The van der Waals surface area contributed by atoms with Gasteiger partial charge in [-0.3, -0.25) is 10.1 Å². The number of nitro groups is 1. The predicted molar refractivity (Wildman–Crippen MR) is 108 cm³/mol. The molecule has 4 N–H and O–H groups in total. The van der Waals surface area contributed by atoms with E-state index in [1.807, 2.05) is 6.08 Å². The normalized spacial score (nSPS) is 13.2. The second kappa shape index (κ2) is 13.7. The molecule has 8 heteroatoms. The van der Waals surface area contributed by atoms with Gasteiger partial charge < -0.3 is 20.8 Å². The van der Waals surface area contributed by atoms with Crippen LogP contribution >= 0.6 is 0 Å². The maximum atomic E-state index is 11.9. The molecule has 0 spiro atoms. The Morgan fingerprint density at radius 3 is 2.43 bits per heavy atom. The van der Waals surface area contributed by atoms with Crippen LogP contribution < -0.4 is 10.6 Å². The average molecular weight is 393 g/mol. The molecule has 2 amide bonds. The molecule has 0 heterocycles. The van der Waals surface area contributed by atoms with Crippen LogP contribution in [0.5, 0.6) is 0 Å². The lowest BCUT2D eigenvalue weighted by atomic mass is 10.0. The zero-order valence-corrected chi connectivity index (χ0v) is 16.3. The van der Waals surface area contributed by atoms with Crippen molar-refractivity contribution >= 4 is 11.7 Å². The number of aliphatic hydroxyl groups excluding tert-OH is 2. The van der Waals surface area contributed by atoms with E-state index in [0.29, 0.717) is 5.56 Å². The molecule has 156 valence electrons. The Hall–Kier alpha value is -2.45. The van der Waals surface area contributed by atoms with Gasteiger partial charge in [0, 0.05) is 18.3 Å². The summed E-state index contributed by atoms with van der Waals surface area (Å²) in [5, 5.41) is 35.5. The van der Waals surface area contributed by atoms with Crippen LogP contribution in [-0.2, 0) is 0 Å². The molecule has 0 aromatic heterocycles. The van der Waals surface area contributed by atoms with Crippen molar-refractivity contribution < 1.29 is 19.9 Å². The Balaban J connectivity index is 2.37. The molecule has 8 nitrogen and oxygen atoms in total. The van der Waals surface area contributed by atoms with Crippen molar-refractivity contribution in [2.24, 2.45) is 0 Å². The van der Waals surface area contributed by atoms with Crippen LogP contribution in [0.15, 0.2) is 36.5 Å². The minimum atomic E-state index is -1.19. The van der Waals surface area contributed by atoms with Crippen molar-refractivity contribution in [3.8, 4) is 0 Å². The Labute approximate surface area is 165 Å². The lowest BCUT2D eigenvalue weighted by Gasteiger charge is -2.22. The zero-order valence-electron chi connectivity index (χ0n) is 16.3. The minimum Gasteiger partial charge on any atom is -0.394 e. The molecule has 28 heavy (non-hydrogen) atoms. The van der Waals surface area contributed by atoms with Crippen LogP contribution in [-0.4, -0.2) is 33.8 Å². The van der Waals surface area contributed by atoms with Crippen molar-refractivity contribution in [2.45, 2.75) is 64.0 Å². The number of unbranched alkanes of at least 4 members (excludes halogenated alkanes) is 6. The highest BCUT2D eigenvalue weighted by molar-refractivity contribution is 5.75. The summed E-state index contributed by atoms with van der Waals surface area (Å²) in [4.78, 5) is 22.0. The lowest BCUT2D eigenvalue weighted by Crippen LogP contribution is -2.45. The van der Waals surface area contributed by atoms with Gasteiger partial charge in [0.1, 0.15) is 6.10 Å². The number of nitrogens with one attached hydrogen (secondary N) is 2. The van der Waals surface area contributed by atoms with Gasteiger partial charge in [-0.25, -0.2) is 4.79 Å². The maximum absolute atomic E-state index is 11.9. The van der Waals surface area contributed by atoms with Gasteiger partial charge in [0.15, 0.2) is 0 Å². The van der Waals surface area contributed by atoms with Crippen LogP contribution in [0, 0.1) is 10.1 Å². The summed E-state index contributed by atoms with van der Waals surface area (Å²) in [5.74, 6) is 0. The number of carbonyl (C=O) groups excluding carboxylic acids is 1. The summed E-state index contributed by atoms with van der Waals surface area (Å²) >= 11 is 0. The van der Waals surface area contributed by atoms with Gasteiger partial charge in [-0.2, -0.15) is 0 Å². The average Bonchev–Trinajstić information content (AvgIpc) is 2.70. The Kier molecular flexibility index (Phi) is 11.5. The number of nitrogens with zero attached hydrogens (tertiary/aromatic N) is 1. The van der Waals surface area contributed by atoms with Gasteiger partial charge in [0.2, 0.25) is 0 Å². The van der Waals surface area contributed by atoms with Gasteiger partial charge >= 0.3 is 6.03 Å². The summed E-state index contributed by atoms with van der Waals surface area (Å²) in [6, 6.07) is 3.83. The van der Waals surface area contributed by atoms with Gasteiger partial charge in [-0.1, -0.05) is 45.1 Å². The number of hydrogen-bond donors (Lipinski definition) is 4. The summed E-state index contributed by atoms with van der Waals surface area (Å²) in [7, 11) is 0. The third kappa shape index (κ3) is 8.96. The van der Waals surface area contributed by atoms with Crippen molar-refractivity contribution in [3.63, 3.8) is 0 Å². The molecule has 0 bridgehead atoms. The standard InChI is InChI=1S/C20H31N3O5/c1-2-3-4-5-6-7-8-9-14-21-20(26)22-18(15-24)19(25)16-10-12-17(13-11-16)23(27)28/h9-14,18-19,24-25H,2-8,15H2,1H3,(H2,21,22,26)/b14-9+/t18-,19+/m1/s1. The molecule has 1 aromatic rings. The number of amides is 2. The van der Waals surface area contributed by atoms with E-state index >= 15 is 0 Å². The van der Waals surface area contributed by atoms with Crippen LogP contribution in [0.3, 0.4) is 0 Å². The number of allylic oxidation sites excluding steroid dienone is 1. The number of carbonyl (C=O) groups is 1. The van der Waals surface area contributed by atoms with Crippen LogP contribution in [0.4, 0.5) is 10.5 Å². The Morgan fingerprint density at radius 1 is 1.18 bits per heavy atom. The van der Waals surface area contributed by atoms with Gasteiger partial charge in [0.25, 0.3) is 5.69 Å². The number of non-ortho nitro benzene ring substituents is 1. The molecule has 1 aromatic carbocycles. The van der Waals surface area contributed by atoms with E-state index in [2.05, 4.69) is 17.6 Å². The molecular weight excluding hydrogens is 362 g/mol. The summed E-state index contributed by atoms with van der Waals surface area (Å²) in [6.07, 6.45) is 10.3. The van der Waals surface area contributed by atoms with Gasteiger partial charge in [-0.05, 0) is 30.5 Å². The van der Waals surface area contributed by atoms with E-state index < -0.39 is 29.7 Å². The van der Waals surface area contributed by atoms with Crippen LogP contribution in [0.2, 0.25) is 0 Å². The van der Waals surface area contributed by atoms with Crippen LogP contribution in [0.1, 0.15) is 63.5 Å². The molecule has 0 fully saturated rings. The van der Waals surface area contributed by atoms with E-state index in [4.69, 9.17) is 0 Å². The lowest BCUT2D eigenvalue weighted by molar-refractivity contribution is -0.384. The molecule has 0 aliphatic heterocycles. The number of rotatable bonds is 13. The van der Waals surface area contributed by atoms with E-state index in [-0.39, 0.29) is 5.69 Å². The molecule has 0 aliphatic rings. The number of benzene rings is 1. The zero-order chi connectivity index (χ0) is 20.8. The third-order valence-corrected chi connectivity index (χ3v) is 4.40. The second-order valence-electron chi connectivity index (χ2n) is 6.66. The second-order valence-corrected chi connectivity index (χ2v) is 6.66. The topological polar surface area (TPSA) is 125 Å². The number of aliphatic hydroxyl groups is 2. The van der Waals surface area contributed by atoms with E-state index in [0.717, 1.165) is 12.8 Å². The monoisotopic (exact) mass is 393 g/mol. The highest BCUT2D eigenvalue weighted by atomic mass is 16.6. The SMILES string of the molecule is CCCCCCCC/C=C/NC(=O)N[C@H](CO)[C@@H](O)c1ccc([N+](=O)[O-])cc1. The first-order valence-electron chi connectivity index (χ1n) is 9.74. The molecule has 1 rings (SSSR count). The van der Waals surface area contributed by atoms with E-state index in [1.165, 1.54) is 56.4 Å². The smallest absolute Gasteiger partial charge is 0.319 e. The Bertz CT molecular complexity index is 619. The van der Waals surface area contributed by atoms with E-state index in [1.54, 1.807) is 6.20 Å². The highest BCUT2D eigenvalue weighted by Crippen LogP contribution is 2.20. The van der Waals surface area contributed by atoms with Crippen molar-refractivity contribution in [3.05, 3.63) is 52.2 Å². The largest absolute Gasteiger partial charge is 0.394 e. The van der Waals surface area contributed by atoms with Crippen molar-refractivity contribution in [2.75, 3.05) is 6.61 Å². The highest BCUT2D eigenvalue weighted by Gasteiger charge is 2.22. The van der Waals surface area contributed by atoms with Crippen molar-refractivity contribution in [1.82, 2.24) is 10.6 Å². The number of nitro benzene ring substituents is 1. The molecule has 0 saturated carbocycles. The third-order valence-electron chi connectivity index (χ3n) is 4.40. The first-order chi connectivity index (χ1) is 13.5. The minimum absolute atomic E-state index is 0.0994. The van der Waals surface area contributed by atoms with E-state index in [9.17, 15) is 25.1 Å². The first kappa shape index (κ1) is 23.6. The summed E-state index contributed by atoms with van der Waals surface area (Å²) in [5.41, 5.74) is 0.265. The molecule has 0 aliphatic carbocycles. The molecule has 0 unspecified atom stereocenters. The fraction of sp³-hybridized carbons (Fsp3) is 0.550. The molecule has 2 atom stereocenters. The summed E-state index contributed by atoms with van der Waals surface area (Å²) < 4.78 is 0. The van der Waals surface area contributed by atoms with Crippen LogP contribution in [0.25, 0.3) is 0 Å². The molecule has 0 radical (unpaired) electrons.